The van der Waals surface area contributed by atoms with Crippen molar-refractivity contribution >= 4 is 85.1 Å². The van der Waals surface area contributed by atoms with Gasteiger partial charge in [0.2, 0.25) is 0 Å². The zero-order chi connectivity index (χ0) is 40.1. The summed E-state index contributed by atoms with van der Waals surface area (Å²) in [5.41, 5.74) is 24.1. The topological polar surface area (TPSA) is 22.9 Å². The van der Waals surface area contributed by atoms with Gasteiger partial charge in [-0.15, -0.1) is 0 Å². The Bertz CT molecular complexity index is 3110. The summed E-state index contributed by atoms with van der Waals surface area (Å²) in [4.78, 5) is 7.63. The number of fused-ring (bicyclic) bond motifs is 7. The summed E-state index contributed by atoms with van der Waals surface area (Å²) in [7, 11) is 0. The number of anilines is 8. The Balaban J connectivity index is 1.31. The molecule has 0 unspecified atom stereocenters. The number of aryl methyl sites for hydroxylation is 5. The maximum Gasteiger partial charge on any atom is 0.251 e. The molecule has 59 heavy (non-hydrogen) atoms. The van der Waals surface area contributed by atoms with Gasteiger partial charge in [0.1, 0.15) is 5.58 Å². The van der Waals surface area contributed by atoms with Crippen molar-refractivity contribution in [3.05, 3.63) is 190 Å². The second-order valence-corrected chi connectivity index (χ2v) is 16.8. The molecule has 286 valence electrons. The van der Waals surface area contributed by atoms with Gasteiger partial charge in [-0.2, -0.15) is 0 Å². The molecule has 1 aromatic heterocycles. The van der Waals surface area contributed by atoms with E-state index in [1.807, 2.05) is 0 Å². The van der Waals surface area contributed by atoms with Crippen LogP contribution in [0.15, 0.2) is 167 Å². The number of nitrogens with zero attached hydrogens (tertiary/aromatic N) is 3. The van der Waals surface area contributed by atoms with E-state index in [1.54, 1.807) is 0 Å². The van der Waals surface area contributed by atoms with Gasteiger partial charge in [0, 0.05) is 50.6 Å². The highest BCUT2D eigenvalue weighted by Gasteiger charge is 2.47. The van der Waals surface area contributed by atoms with Crippen molar-refractivity contribution in [2.24, 2.45) is 0 Å². The second kappa shape index (κ2) is 13.4. The van der Waals surface area contributed by atoms with E-state index in [4.69, 9.17) is 4.42 Å². The average Bonchev–Trinajstić information content (AvgIpc) is 3.62. The highest BCUT2D eigenvalue weighted by atomic mass is 16.3. The van der Waals surface area contributed by atoms with Gasteiger partial charge >= 0.3 is 0 Å². The molecule has 11 rings (SSSR count). The van der Waals surface area contributed by atoms with Crippen LogP contribution in [-0.2, 0) is 0 Å². The van der Waals surface area contributed by atoms with E-state index in [1.165, 1.54) is 83.9 Å². The van der Waals surface area contributed by atoms with Crippen LogP contribution >= 0.6 is 0 Å². The smallest absolute Gasteiger partial charge is 0.251 e. The number of para-hydroxylation sites is 5. The molecule has 7 aromatic carbocycles. The molecule has 1 aliphatic carbocycles. The van der Waals surface area contributed by atoms with E-state index in [0.29, 0.717) is 0 Å². The van der Waals surface area contributed by atoms with E-state index >= 15 is 0 Å². The molecule has 8 aromatic rings. The third kappa shape index (κ3) is 5.30. The molecule has 3 aliphatic rings. The molecule has 2 aliphatic heterocycles. The van der Waals surface area contributed by atoms with Crippen LogP contribution in [0.5, 0.6) is 0 Å². The molecule has 0 atom stereocenters. The molecule has 3 heterocycles. The van der Waals surface area contributed by atoms with Crippen LogP contribution in [0.1, 0.15) is 47.6 Å². The lowest BCUT2D eigenvalue weighted by molar-refractivity contribution is 0.669. The lowest BCUT2D eigenvalue weighted by Crippen LogP contribution is -2.57. The molecule has 0 N–H and O–H groups in total. The van der Waals surface area contributed by atoms with Crippen LogP contribution in [0.2, 0.25) is 0 Å². The van der Waals surface area contributed by atoms with Crippen LogP contribution in [-0.4, -0.2) is 6.71 Å². The minimum atomic E-state index is 0.0723. The summed E-state index contributed by atoms with van der Waals surface area (Å²) < 4.78 is 6.85. The first-order valence-electron chi connectivity index (χ1n) is 21.0. The number of allylic oxidation sites excluding steroid dienone is 3. The van der Waals surface area contributed by atoms with Gasteiger partial charge in [-0.3, -0.25) is 0 Å². The van der Waals surface area contributed by atoms with Crippen molar-refractivity contribution in [2.45, 2.75) is 54.4 Å². The lowest BCUT2D eigenvalue weighted by atomic mass is 9.31. The quantitative estimate of drug-likeness (QED) is 0.163. The molecule has 0 bridgehead atoms. The van der Waals surface area contributed by atoms with Gasteiger partial charge in [0.05, 0.1) is 11.4 Å². The summed E-state index contributed by atoms with van der Waals surface area (Å²) in [6, 6.07) is 51.5. The van der Waals surface area contributed by atoms with Crippen LogP contribution in [0.4, 0.5) is 45.5 Å². The first kappa shape index (κ1) is 35.4. The third-order valence-corrected chi connectivity index (χ3v) is 13.0. The molecular weight excluding hydrogens is 717 g/mol. The van der Waals surface area contributed by atoms with Gasteiger partial charge in [-0.05, 0) is 141 Å². The Kier molecular flexibility index (Phi) is 8.07. The van der Waals surface area contributed by atoms with Crippen molar-refractivity contribution in [3.63, 3.8) is 0 Å². The number of hydrogen-bond donors (Lipinski definition) is 0. The monoisotopic (exact) mass is 763 g/mol. The SMILES string of the molecule is CC1=C2C(=CCC1)B1c3cccc(C)c3N(c3ccccc3C)c3cc(N(c4ccc(C)cc4C)c4cccc5c4oc4ccccc45)cc(c31)N2c1ccccc1C. The number of hydrogen-bond acceptors (Lipinski definition) is 4. The zero-order valence-corrected chi connectivity index (χ0v) is 34.6. The first-order chi connectivity index (χ1) is 28.8. The Morgan fingerprint density at radius 3 is 1.98 bits per heavy atom. The molecular formula is C54H46BN3O. The minimum absolute atomic E-state index is 0.0723. The van der Waals surface area contributed by atoms with Crippen LogP contribution in [0.25, 0.3) is 21.9 Å². The van der Waals surface area contributed by atoms with Crippen molar-refractivity contribution in [3.8, 4) is 0 Å². The number of rotatable bonds is 5. The van der Waals surface area contributed by atoms with E-state index in [9.17, 15) is 0 Å². The lowest BCUT2D eigenvalue weighted by Gasteiger charge is -2.48. The van der Waals surface area contributed by atoms with Crippen molar-refractivity contribution in [2.75, 3.05) is 14.7 Å². The summed E-state index contributed by atoms with van der Waals surface area (Å²) in [5, 5.41) is 2.23. The Morgan fingerprint density at radius 1 is 0.559 bits per heavy atom. The van der Waals surface area contributed by atoms with Gasteiger partial charge in [0.25, 0.3) is 6.71 Å². The van der Waals surface area contributed by atoms with Gasteiger partial charge in [-0.1, -0.05) is 109 Å². The Morgan fingerprint density at radius 2 is 1.22 bits per heavy atom. The molecule has 0 fully saturated rings. The molecule has 0 amide bonds. The van der Waals surface area contributed by atoms with Gasteiger partial charge in [-0.25, -0.2) is 0 Å². The fraction of sp³-hybridized carbons (Fsp3) is 0.148. The highest BCUT2D eigenvalue weighted by Crippen LogP contribution is 2.53. The molecule has 4 nitrogen and oxygen atoms in total. The van der Waals surface area contributed by atoms with Crippen LogP contribution in [0, 0.1) is 34.6 Å². The van der Waals surface area contributed by atoms with Crippen LogP contribution < -0.4 is 25.6 Å². The van der Waals surface area contributed by atoms with E-state index in [-0.39, 0.29) is 6.71 Å². The molecule has 0 saturated heterocycles. The van der Waals surface area contributed by atoms with E-state index in [0.717, 1.165) is 51.8 Å². The molecule has 0 spiro atoms. The Hall–Kier alpha value is -6.72. The molecule has 0 radical (unpaired) electrons. The third-order valence-electron chi connectivity index (χ3n) is 13.0. The first-order valence-corrected chi connectivity index (χ1v) is 21.0. The van der Waals surface area contributed by atoms with Gasteiger partial charge in [0.15, 0.2) is 5.58 Å². The fourth-order valence-electron chi connectivity index (χ4n) is 10.3. The van der Waals surface area contributed by atoms with Gasteiger partial charge < -0.3 is 19.1 Å². The van der Waals surface area contributed by atoms with Crippen molar-refractivity contribution < 1.29 is 4.42 Å². The average molecular weight is 764 g/mol. The summed E-state index contributed by atoms with van der Waals surface area (Å²) in [5.74, 6) is 0. The second-order valence-electron chi connectivity index (χ2n) is 16.8. The summed E-state index contributed by atoms with van der Waals surface area (Å²) in [6.07, 6.45) is 4.61. The largest absolute Gasteiger partial charge is 0.454 e. The maximum atomic E-state index is 6.85. The predicted molar refractivity (Wildman–Crippen MR) is 250 cm³/mol. The Labute approximate surface area is 347 Å². The number of furan rings is 1. The number of benzene rings is 7. The van der Waals surface area contributed by atoms with E-state index in [2.05, 4.69) is 202 Å². The zero-order valence-electron chi connectivity index (χ0n) is 34.6. The molecule has 5 heteroatoms. The van der Waals surface area contributed by atoms with E-state index < -0.39 is 0 Å². The molecule has 0 saturated carbocycles. The summed E-state index contributed by atoms with van der Waals surface area (Å²) >= 11 is 0. The summed E-state index contributed by atoms with van der Waals surface area (Å²) in [6.45, 7) is 13.6. The van der Waals surface area contributed by atoms with Crippen molar-refractivity contribution in [1.29, 1.82) is 0 Å². The fourth-order valence-corrected chi connectivity index (χ4v) is 10.3. The maximum absolute atomic E-state index is 6.85. The standard InChI is InChI=1S/C54H46BN3O/c1-33-28-29-46(38(6)30-33)56(47-26-15-21-41-40-20-9-12-27-50(40)59-54(41)47)39-31-48-51-49(32-39)58(45-25-11-8-17-35(45)3)53-37(5)19-14-23-43(53)55(51)42-22-13-18-36(4)52(42)57(48)44-24-10-7-16-34(44)2/h7-13,15-18,20-32H,14,19H2,1-6H3. The normalized spacial score (nSPS) is 14.4. The predicted octanol–water partition coefficient (Wildman–Crippen LogP) is 13.7. The minimum Gasteiger partial charge on any atom is -0.454 e. The van der Waals surface area contributed by atoms with Crippen LogP contribution in [0.3, 0.4) is 0 Å². The highest BCUT2D eigenvalue weighted by molar-refractivity contribution is 6.96. The van der Waals surface area contributed by atoms with Crippen molar-refractivity contribution in [1.82, 2.24) is 0 Å².